The summed E-state index contributed by atoms with van der Waals surface area (Å²) in [4.78, 5) is 11.2. The van der Waals surface area contributed by atoms with Crippen LogP contribution >= 0.6 is 0 Å². The van der Waals surface area contributed by atoms with E-state index in [1.807, 2.05) is 12.1 Å². The first-order valence-corrected chi connectivity index (χ1v) is 12.0. The summed E-state index contributed by atoms with van der Waals surface area (Å²) in [6, 6.07) is 21.1. The van der Waals surface area contributed by atoms with E-state index in [4.69, 9.17) is 0 Å². The number of rotatable bonds is 9. The van der Waals surface area contributed by atoms with Crippen molar-refractivity contribution < 1.29 is 14.3 Å². The average molecular weight is 456 g/mol. The lowest BCUT2D eigenvalue weighted by atomic mass is 10.00. The highest BCUT2D eigenvalue weighted by Gasteiger charge is 2.31. The van der Waals surface area contributed by atoms with E-state index in [0.717, 1.165) is 36.8 Å². The molecule has 4 heteroatoms. The molecule has 3 aromatic rings. The quantitative estimate of drug-likeness (QED) is 0.353. The van der Waals surface area contributed by atoms with Gasteiger partial charge in [-0.15, -0.1) is 0 Å². The van der Waals surface area contributed by atoms with Gasteiger partial charge in [0.15, 0.2) is 0 Å². The number of halogens is 1. The van der Waals surface area contributed by atoms with E-state index >= 15 is 0 Å². The van der Waals surface area contributed by atoms with Crippen LogP contribution in [0.25, 0.3) is 0 Å². The third-order valence-electron chi connectivity index (χ3n) is 6.27. The fourth-order valence-electron chi connectivity index (χ4n) is 4.09. The number of carbonyl (C=O) groups is 1. The highest BCUT2D eigenvalue weighted by atomic mass is 19.1. The topological polar surface area (TPSA) is 49.3 Å². The first-order valence-electron chi connectivity index (χ1n) is 12.0. The molecule has 0 radical (unpaired) electrons. The summed E-state index contributed by atoms with van der Waals surface area (Å²) in [5, 5.41) is 12.6. The lowest BCUT2D eigenvalue weighted by Gasteiger charge is -2.20. The Kier molecular flexibility index (Phi) is 7.65. The van der Waals surface area contributed by atoms with Crippen LogP contribution < -0.4 is 5.32 Å². The van der Waals surface area contributed by atoms with Crippen molar-refractivity contribution in [2.75, 3.05) is 5.32 Å². The Labute approximate surface area is 201 Å². The third kappa shape index (κ3) is 6.48. The molecular formula is C30H30FNO2. The number of carboxylic acid groups (broad SMARTS) is 1. The summed E-state index contributed by atoms with van der Waals surface area (Å²) in [5.41, 5.74) is 4.87. The zero-order chi connectivity index (χ0) is 23.9. The molecule has 1 unspecified atom stereocenters. The molecule has 34 heavy (non-hydrogen) atoms. The molecule has 3 aromatic carbocycles. The molecule has 1 atom stereocenters. The summed E-state index contributed by atoms with van der Waals surface area (Å²) < 4.78 is 13.7. The van der Waals surface area contributed by atoms with Crippen molar-refractivity contribution in [3.8, 4) is 11.8 Å². The molecule has 4 rings (SSSR count). The fourth-order valence-corrected chi connectivity index (χ4v) is 4.09. The van der Waals surface area contributed by atoms with Gasteiger partial charge in [0.25, 0.3) is 0 Å². The van der Waals surface area contributed by atoms with Crippen LogP contribution in [-0.4, -0.2) is 17.1 Å². The zero-order valence-electron chi connectivity index (χ0n) is 19.5. The van der Waals surface area contributed by atoms with Crippen LogP contribution in [0.4, 0.5) is 10.1 Å². The molecule has 1 aliphatic carbocycles. The number of aromatic carboxylic acids is 1. The summed E-state index contributed by atoms with van der Waals surface area (Å²) in [6.07, 6.45) is 6.63. The Hall–Kier alpha value is -3.58. The number of hydrogen-bond acceptors (Lipinski definition) is 2. The summed E-state index contributed by atoms with van der Waals surface area (Å²) in [6.45, 7) is 2.20. The Morgan fingerprint density at radius 1 is 1.00 bits per heavy atom. The standard InChI is InChI=1S/C30H30FNO2/c1-2-3-4-21-5-7-22(8-6-21)9-10-23-11-13-24(14-12-23)19-29(25-15-16-25)32-26-17-18-28(31)27(20-26)30(33)34/h5-8,11-14,17-18,20,25,29,32H,2-4,15-16,19H2,1H3,(H,33,34). The van der Waals surface area contributed by atoms with Crippen LogP contribution in [0.15, 0.2) is 66.7 Å². The molecule has 0 heterocycles. The maximum absolute atomic E-state index is 13.7. The predicted molar refractivity (Wildman–Crippen MR) is 135 cm³/mol. The summed E-state index contributed by atoms with van der Waals surface area (Å²) in [7, 11) is 0. The Morgan fingerprint density at radius 2 is 1.62 bits per heavy atom. The normalized spacial score (nSPS) is 13.6. The van der Waals surface area contributed by atoms with Crippen LogP contribution in [0, 0.1) is 23.6 Å². The van der Waals surface area contributed by atoms with Crippen molar-refractivity contribution in [2.45, 2.75) is 51.5 Å². The Bertz CT molecular complexity index is 1190. The minimum Gasteiger partial charge on any atom is -0.478 e. The number of nitrogens with one attached hydrogen (secondary N) is 1. The van der Waals surface area contributed by atoms with Crippen molar-refractivity contribution in [2.24, 2.45) is 5.92 Å². The number of carboxylic acids is 1. The van der Waals surface area contributed by atoms with Gasteiger partial charge in [-0.2, -0.15) is 0 Å². The van der Waals surface area contributed by atoms with Crippen molar-refractivity contribution in [1.29, 1.82) is 0 Å². The van der Waals surface area contributed by atoms with Crippen LogP contribution in [0.2, 0.25) is 0 Å². The van der Waals surface area contributed by atoms with Gasteiger partial charge in [-0.3, -0.25) is 0 Å². The van der Waals surface area contributed by atoms with E-state index < -0.39 is 11.8 Å². The lowest BCUT2D eigenvalue weighted by Crippen LogP contribution is -2.25. The molecule has 174 valence electrons. The molecule has 0 amide bonds. The van der Waals surface area contributed by atoms with Crippen molar-refractivity contribution in [3.05, 3.63) is 100 Å². The largest absolute Gasteiger partial charge is 0.478 e. The number of benzene rings is 3. The van der Waals surface area contributed by atoms with Gasteiger partial charge in [-0.05, 0) is 91.6 Å². The Morgan fingerprint density at radius 3 is 2.18 bits per heavy atom. The lowest BCUT2D eigenvalue weighted by molar-refractivity contribution is 0.0692. The monoisotopic (exact) mass is 455 g/mol. The van der Waals surface area contributed by atoms with Crippen LogP contribution in [-0.2, 0) is 12.8 Å². The first kappa shape index (κ1) is 23.6. The molecule has 3 nitrogen and oxygen atoms in total. The third-order valence-corrected chi connectivity index (χ3v) is 6.27. The smallest absolute Gasteiger partial charge is 0.338 e. The van der Waals surface area contributed by atoms with Crippen molar-refractivity contribution in [1.82, 2.24) is 0 Å². The first-order chi connectivity index (χ1) is 16.5. The van der Waals surface area contributed by atoms with E-state index in [9.17, 15) is 14.3 Å². The predicted octanol–water partition coefficient (Wildman–Crippen LogP) is 6.70. The second-order valence-corrected chi connectivity index (χ2v) is 9.04. The van der Waals surface area contributed by atoms with E-state index in [-0.39, 0.29) is 11.6 Å². The molecule has 2 N–H and O–H groups in total. The maximum Gasteiger partial charge on any atom is 0.338 e. The van der Waals surface area contributed by atoms with E-state index in [1.165, 1.54) is 36.1 Å². The van der Waals surface area contributed by atoms with Crippen LogP contribution in [0.3, 0.4) is 0 Å². The van der Waals surface area contributed by atoms with E-state index in [0.29, 0.717) is 11.6 Å². The molecule has 0 aromatic heterocycles. The van der Waals surface area contributed by atoms with Gasteiger partial charge >= 0.3 is 5.97 Å². The second kappa shape index (κ2) is 11.0. The van der Waals surface area contributed by atoms with Gasteiger partial charge in [0, 0.05) is 22.9 Å². The molecule has 1 aliphatic rings. The van der Waals surface area contributed by atoms with Crippen molar-refractivity contribution in [3.63, 3.8) is 0 Å². The van der Waals surface area contributed by atoms with Gasteiger partial charge in [-0.1, -0.05) is 49.5 Å². The van der Waals surface area contributed by atoms with E-state index in [2.05, 4.69) is 60.5 Å². The van der Waals surface area contributed by atoms with Gasteiger partial charge in [0.2, 0.25) is 0 Å². The van der Waals surface area contributed by atoms with Gasteiger partial charge in [0.1, 0.15) is 5.82 Å². The molecule has 0 saturated heterocycles. The molecule has 1 saturated carbocycles. The SMILES string of the molecule is CCCCc1ccc(C#Cc2ccc(CC(Nc3ccc(F)c(C(=O)O)c3)C3CC3)cc2)cc1. The summed E-state index contributed by atoms with van der Waals surface area (Å²) in [5.74, 6) is 5.05. The number of aryl methyl sites for hydroxylation is 1. The molecular weight excluding hydrogens is 425 g/mol. The molecule has 0 aliphatic heterocycles. The van der Waals surface area contributed by atoms with E-state index in [1.54, 1.807) is 6.07 Å². The maximum atomic E-state index is 13.7. The fraction of sp³-hybridized carbons (Fsp3) is 0.300. The van der Waals surface area contributed by atoms with Gasteiger partial charge < -0.3 is 10.4 Å². The summed E-state index contributed by atoms with van der Waals surface area (Å²) >= 11 is 0. The minimum atomic E-state index is -1.26. The van der Waals surface area contributed by atoms with Gasteiger partial charge in [-0.25, -0.2) is 9.18 Å². The van der Waals surface area contributed by atoms with Crippen molar-refractivity contribution >= 4 is 11.7 Å². The number of hydrogen-bond donors (Lipinski definition) is 2. The van der Waals surface area contributed by atoms with Crippen LogP contribution in [0.5, 0.6) is 0 Å². The molecule has 0 bridgehead atoms. The van der Waals surface area contributed by atoms with Gasteiger partial charge in [0.05, 0.1) is 5.56 Å². The number of anilines is 1. The molecule has 0 spiro atoms. The minimum absolute atomic E-state index is 0.176. The Balaban J connectivity index is 1.39. The highest BCUT2D eigenvalue weighted by Crippen LogP contribution is 2.36. The second-order valence-electron chi connectivity index (χ2n) is 9.04. The highest BCUT2D eigenvalue weighted by molar-refractivity contribution is 5.89. The molecule has 1 fully saturated rings. The van der Waals surface area contributed by atoms with Crippen LogP contribution in [0.1, 0.15) is 65.2 Å². The average Bonchev–Trinajstić information content (AvgIpc) is 3.69. The number of unbranched alkanes of at least 4 members (excludes halogenated alkanes) is 1. The zero-order valence-corrected chi connectivity index (χ0v) is 19.5.